The van der Waals surface area contributed by atoms with E-state index in [1.807, 2.05) is 32.0 Å². The molecule has 0 unspecified atom stereocenters. The number of halogens is 1. The van der Waals surface area contributed by atoms with E-state index in [1.54, 1.807) is 60.0 Å². The SMILES string of the molecule is COC(=O)c1ccc(-c2cccc(-c3c(-c4ccsc4C#N)c4cc(F)ccc4n3S(=O)(=O)c3ccc(C)c(C)c3)c2)cc1. The van der Waals surface area contributed by atoms with E-state index < -0.39 is 21.8 Å². The zero-order valence-electron chi connectivity index (χ0n) is 24.0. The normalized spacial score (nSPS) is 11.4. The van der Waals surface area contributed by atoms with Crippen LogP contribution in [0.3, 0.4) is 0 Å². The molecule has 2 heterocycles. The minimum absolute atomic E-state index is 0.0926. The van der Waals surface area contributed by atoms with Crippen molar-refractivity contribution in [2.45, 2.75) is 18.7 Å². The Morgan fingerprint density at radius 3 is 2.34 bits per heavy atom. The highest BCUT2D eigenvalue weighted by atomic mass is 32.2. The molecule has 0 fully saturated rings. The summed E-state index contributed by atoms with van der Waals surface area (Å²) in [5.41, 5.74) is 5.84. The maximum absolute atomic E-state index is 14.8. The topological polar surface area (TPSA) is 89.2 Å². The van der Waals surface area contributed by atoms with Gasteiger partial charge in [-0.1, -0.05) is 36.4 Å². The van der Waals surface area contributed by atoms with Gasteiger partial charge in [-0.2, -0.15) is 5.26 Å². The second kappa shape index (κ2) is 11.2. The van der Waals surface area contributed by atoms with Gasteiger partial charge < -0.3 is 4.74 Å². The Bertz CT molecular complexity index is 2240. The van der Waals surface area contributed by atoms with E-state index in [-0.39, 0.29) is 10.4 Å². The van der Waals surface area contributed by atoms with E-state index in [0.717, 1.165) is 22.3 Å². The van der Waals surface area contributed by atoms with Gasteiger partial charge in [-0.05, 0) is 96.1 Å². The molecule has 6 rings (SSSR count). The number of nitrogens with zero attached hydrogens (tertiary/aromatic N) is 2. The summed E-state index contributed by atoms with van der Waals surface area (Å²) >= 11 is 1.23. The average Bonchev–Trinajstić information content (AvgIpc) is 3.64. The molecule has 9 heteroatoms. The van der Waals surface area contributed by atoms with Crippen LogP contribution >= 0.6 is 11.3 Å². The molecule has 44 heavy (non-hydrogen) atoms. The minimum atomic E-state index is -4.22. The standard InChI is InChI=1S/C35H25FN2O4S2/c1-21-7-13-28(17-22(21)2)44(40,41)38-31-14-12-27(36)19-30(31)33(29-15-16-43-32(29)20-37)34(38)26-6-4-5-25(18-26)23-8-10-24(11-9-23)35(39)42-3/h4-19H,1-3H3. The zero-order valence-corrected chi connectivity index (χ0v) is 25.6. The summed E-state index contributed by atoms with van der Waals surface area (Å²) in [7, 11) is -2.90. The van der Waals surface area contributed by atoms with Crippen molar-refractivity contribution in [3.05, 3.63) is 124 Å². The first-order valence-corrected chi connectivity index (χ1v) is 15.9. The predicted octanol–water partition coefficient (Wildman–Crippen LogP) is 8.36. The third-order valence-electron chi connectivity index (χ3n) is 7.71. The number of methoxy groups -OCH3 is 1. The smallest absolute Gasteiger partial charge is 0.337 e. The summed E-state index contributed by atoms with van der Waals surface area (Å²) in [5.74, 6) is -0.980. The molecule has 0 radical (unpaired) electrons. The van der Waals surface area contributed by atoms with Crippen LogP contribution in [-0.4, -0.2) is 25.5 Å². The molecule has 0 atom stereocenters. The summed E-state index contributed by atoms with van der Waals surface area (Å²) in [5, 5.41) is 12.1. The van der Waals surface area contributed by atoms with Crippen molar-refractivity contribution >= 4 is 38.2 Å². The lowest BCUT2D eigenvalue weighted by atomic mass is 9.96. The zero-order chi connectivity index (χ0) is 31.2. The lowest BCUT2D eigenvalue weighted by Crippen LogP contribution is -2.14. The summed E-state index contributed by atoms with van der Waals surface area (Å²) in [6.45, 7) is 3.76. The highest BCUT2D eigenvalue weighted by Crippen LogP contribution is 2.45. The summed E-state index contributed by atoms with van der Waals surface area (Å²) < 4.78 is 50.1. The second-order valence-corrected chi connectivity index (χ2v) is 13.0. The number of aromatic nitrogens is 1. The molecule has 0 aliphatic carbocycles. The fraction of sp³-hybridized carbons (Fsp3) is 0.0857. The summed E-state index contributed by atoms with van der Waals surface area (Å²) in [4.78, 5) is 12.4. The first kappa shape index (κ1) is 29.1. The number of aryl methyl sites for hydroxylation is 2. The van der Waals surface area contributed by atoms with Crippen LogP contribution < -0.4 is 0 Å². The Kier molecular flexibility index (Phi) is 7.41. The number of carbonyl (C=O) groups excluding carboxylic acids is 1. The number of ether oxygens (including phenoxy) is 1. The number of nitriles is 1. The number of thiophene rings is 1. The van der Waals surface area contributed by atoms with Gasteiger partial charge in [-0.25, -0.2) is 21.6 Å². The van der Waals surface area contributed by atoms with Crippen LogP contribution in [0, 0.1) is 31.0 Å². The molecule has 0 amide bonds. The van der Waals surface area contributed by atoms with Crippen LogP contribution in [0.2, 0.25) is 0 Å². The molecule has 0 saturated heterocycles. The van der Waals surface area contributed by atoms with Gasteiger partial charge >= 0.3 is 5.97 Å². The van der Waals surface area contributed by atoms with E-state index in [9.17, 15) is 22.9 Å². The lowest BCUT2D eigenvalue weighted by Gasteiger charge is -2.15. The van der Waals surface area contributed by atoms with E-state index >= 15 is 0 Å². The Morgan fingerprint density at radius 1 is 0.886 bits per heavy atom. The van der Waals surface area contributed by atoms with Crippen molar-refractivity contribution in [1.82, 2.24) is 3.97 Å². The monoisotopic (exact) mass is 620 g/mol. The highest BCUT2D eigenvalue weighted by molar-refractivity contribution is 7.90. The van der Waals surface area contributed by atoms with E-state index in [4.69, 9.17) is 4.74 Å². The maximum atomic E-state index is 14.8. The maximum Gasteiger partial charge on any atom is 0.337 e. The number of hydrogen-bond donors (Lipinski definition) is 0. The van der Waals surface area contributed by atoms with Crippen LogP contribution in [0.5, 0.6) is 0 Å². The molecule has 218 valence electrons. The van der Waals surface area contributed by atoms with Gasteiger partial charge in [-0.15, -0.1) is 11.3 Å². The number of benzene rings is 4. The van der Waals surface area contributed by atoms with Crippen molar-refractivity contribution < 1.29 is 22.3 Å². The van der Waals surface area contributed by atoms with Crippen LogP contribution in [0.4, 0.5) is 4.39 Å². The van der Waals surface area contributed by atoms with Gasteiger partial charge in [0.05, 0.1) is 28.8 Å². The second-order valence-electron chi connectivity index (χ2n) is 10.3. The molecular weight excluding hydrogens is 596 g/mol. The van der Waals surface area contributed by atoms with Gasteiger partial charge in [0, 0.05) is 22.1 Å². The van der Waals surface area contributed by atoms with Crippen LogP contribution in [0.1, 0.15) is 26.4 Å². The number of carbonyl (C=O) groups is 1. The Morgan fingerprint density at radius 2 is 1.64 bits per heavy atom. The van der Waals surface area contributed by atoms with Gasteiger partial charge in [0.1, 0.15) is 16.8 Å². The lowest BCUT2D eigenvalue weighted by molar-refractivity contribution is 0.0600. The number of hydrogen-bond acceptors (Lipinski definition) is 6. The van der Waals surface area contributed by atoms with Crippen LogP contribution in [0.15, 0.2) is 101 Å². The Hall–Kier alpha value is -5.04. The molecular formula is C35H25FN2O4S2. The molecule has 0 saturated carbocycles. The Labute approximate surface area is 258 Å². The minimum Gasteiger partial charge on any atom is -0.465 e. The van der Waals surface area contributed by atoms with Crippen molar-refractivity contribution in [3.63, 3.8) is 0 Å². The van der Waals surface area contributed by atoms with Crippen molar-refractivity contribution in [2.24, 2.45) is 0 Å². The van der Waals surface area contributed by atoms with Gasteiger partial charge in [-0.3, -0.25) is 0 Å². The van der Waals surface area contributed by atoms with Crippen LogP contribution in [-0.2, 0) is 14.8 Å². The number of esters is 1. The third kappa shape index (κ3) is 4.88. The largest absolute Gasteiger partial charge is 0.465 e. The Balaban J connectivity index is 1.69. The molecule has 2 aromatic heterocycles. The molecule has 6 nitrogen and oxygen atoms in total. The summed E-state index contributed by atoms with van der Waals surface area (Å²) in [6, 6.07) is 27.2. The van der Waals surface area contributed by atoms with Crippen LogP contribution in [0.25, 0.3) is 44.4 Å². The fourth-order valence-corrected chi connectivity index (χ4v) is 7.68. The summed E-state index contributed by atoms with van der Waals surface area (Å²) in [6.07, 6.45) is 0. The number of rotatable bonds is 6. The molecule has 0 bridgehead atoms. The molecule has 0 aliphatic heterocycles. The van der Waals surface area contributed by atoms with E-state index in [1.165, 1.54) is 40.6 Å². The van der Waals surface area contributed by atoms with E-state index in [0.29, 0.717) is 38.2 Å². The quantitative estimate of drug-likeness (QED) is 0.175. The molecule has 0 spiro atoms. The average molecular weight is 621 g/mol. The first-order valence-electron chi connectivity index (χ1n) is 13.6. The molecule has 0 aliphatic rings. The predicted molar refractivity (Wildman–Crippen MR) is 171 cm³/mol. The van der Waals surface area contributed by atoms with Crippen molar-refractivity contribution in [3.8, 4) is 39.6 Å². The van der Waals surface area contributed by atoms with Crippen molar-refractivity contribution in [1.29, 1.82) is 5.26 Å². The van der Waals surface area contributed by atoms with Gasteiger partial charge in [0.15, 0.2) is 0 Å². The molecule has 0 N–H and O–H groups in total. The van der Waals surface area contributed by atoms with Gasteiger partial charge in [0.25, 0.3) is 10.0 Å². The third-order valence-corrected chi connectivity index (χ3v) is 10.2. The van der Waals surface area contributed by atoms with Gasteiger partial charge in [0.2, 0.25) is 0 Å². The fourth-order valence-electron chi connectivity index (χ4n) is 5.35. The number of fused-ring (bicyclic) bond motifs is 1. The highest BCUT2D eigenvalue weighted by Gasteiger charge is 2.30. The van der Waals surface area contributed by atoms with Crippen molar-refractivity contribution in [2.75, 3.05) is 7.11 Å². The molecule has 6 aromatic rings. The molecule has 4 aromatic carbocycles. The van der Waals surface area contributed by atoms with E-state index in [2.05, 4.69) is 6.07 Å². The first-order chi connectivity index (χ1) is 21.1.